The highest BCUT2D eigenvalue weighted by molar-refractivity contribution is 5.75. The highest BCUT2D eigenvalue weighted by Crippen LogP contribution is 2.57. The largest absolute Gasteiger partial charge is 0.461 e. The molecule has 3 fully saturated rings. The molecule has 1 saturated heterocycles. The zero-order valence-corrected chi connectivity index (χ0v) is 11.5. The number of hydrogen-bond donors (Lipinski definition) is 2. The second-order valence-electron chi connectivity index (χ2n) is 6.72. The molecule has 2 saturated carbocycles. The number of hydrogen-bond acceptors (Lipinski definition) is 4. The van der Waals surface area contributed by atoms with Crippen molar-refractivity contribution in [2.75, 3.05) is 0 Å². The van der Waals surface area contributed by atoms with Crippen LogP contribution in [0.4, 0.5) is 0 Å². The van der Waals surface area contributed by atoms with E-state index >= 15 is 0 Å². The Hall–Kier alpha value is -0.870. The van der Waals surface area contributed by atoms with E-state index in [2.05, 4.69) is 6.58 Å². The van der Waals surface area contributed by atoms with Crippen LogP contribution in [0.25, 0.3) is 0 Å². The van der Waals surface area contributed by atoms with Gasteiger partial charge in [0.2, 0.25) is 0 Å². The van der Waals surface area contributed by atoms with Gasteiger partial charge in [-0.25, -0.2) is 0 Å². The van der Waals surface area contributed by atoms with Gasteiger partial charge in [-0.1, -0.05) is 20.4 Å². The van der Waals surface area contributed by atoms with Gasteiger partial charge in [-0.15, -0.1) is 0 Å². The Kier molecular flexibility index (Phi) is 2.81. The summed E-state index contributed by atoms with van der Waals surface area (Å²) in [6, 6.07) is 0. The van der Waals surface area contributed by atoms with Crippen LogP contribution < -0.4 is 0 Å². The Balaban J connectivity index is 2.00. The predicted molar refractivity (Wildman–Crippen MR) is 69.1 cm³/mol. The van der Waals surface area contributed by atoms with Gasteiger partial charge in [0.05, 0.1) is 18.1 Å². The second-order valence-corrected chi connectivity index (χ2v) is 6.72. The molecule has 0 aromatic carbocycles. The number of fused-ring (bicyclic) bond motifs is 3. The molecule has 7 atom stereocenters. The number of aliphatic hydroxyl groups is 2. The molecule has 0 amide bonds. The van der Waals surface area contributed by atoms with E-state index in [0.29, 0.717) is 6.42 Å². The Bertz CT molecular complexity index is 432. The number of carbonyl (C=O) groups excluding carboxylic acids is 1. The highest BCUT2D eigenvalue weighted by Gasteiger charge is 2.60. The lowest BCUT2D eigenvalue weighted by atomic mass is 9.53. The molecule has 0 bridgehead atoms. The van der Waals surface area contributed by atoms with Gasteiger partial charge in [-0.2, -0.15) is 0 Å². The van der Waals surface area contributed by atoms with Crippen LogP contribution in [0.3, 0.4) is 0 Å². The van der Waals surface area contributed by atoms with Crippen molar-refractivity contribution < 1.29 is 19.7 Å². The van der Waals surface area contributed by atoms with Crippen molar-refractivity contribution in [1.29, 1.82) is 0 Å². The van der Waals surface area contributed by atoms with Crippen molar-refractivity contribution in [1.82, 2.24) is 0 Å². The molecule has 4 heteroatoms. The van der Waals surface area contributed by atoms with E-state index in [1.165, 1.54) is 0 Å². The van der Waals surface area contributed by atoms with Gasteiger partial charge in [-0.05, 0) is 18.4 Å². The highest BCUT2D eigenvalue weighted by atomic mass is 16.6. The van der Waals surface area contributed by atoms with E-state index in [-0.39, 0.29) is 35.2 Å². The van der Waals surface area contributed by atoms with Crippen LogP contribution in [0.1, 0.15) is 33.1 Å². The third-order valence-corrected chi connectivity index (χ3v) is 5.78. The van der Waals surface area contributed by atoms with Gasteiger partial charge in [0.25, 0.3) is 0 Å². The molecular formula is C15H22O4. The SMILES string of the molecule is C=C1[C@H](O)C[C@H](O)[C@]2(C)CC[C@@H]3[C@H](OC(=O)[C@H]3C)[C@@H]12. The van der Waals surface area contributed by atoms with Gasteiger partial charge in [-0.3, -0.25) is 4.79 Å². The van der Waals surface area contributed by atoms with Crippen LogP contribution in [0, 0.1) is 23.2 Å². The lowest BCUT2D eigenvalue weighted by molar-refractivity contribution is -0.155. The molecule has 0 aromatic rings. The molecule has 3 rings (SSSR count). The summed E-state index contributed by atoms with van der Waals surface area (Å²) in [5.41, 5.74) is 0.395. The molecule has 0 spiro atoms. The third kappa shape index (κ3) is 1.62. The van der Waals surface area contributed by atoms with E-state index in [9.17, 15) is 15.0 Å². The van der Waals surface area contributed by atoms with Gasteiger partial charge in [0, 0.05) is 23.7 Å². The molecule has 1 aliphatic heterocycles. The van der Waals surface area contributed by atoms with E-state index in [1.54, 1.807) is 0 Å². The molecule has 2 N–H and O–H groups in total. The van der Waals surface area contributed by atoms with Crippen molar-refractivity contribution >= 4 is 5.97 Å². The Morgan fingerprint density at radius 3 is 2.79 bits per heavy atom. The summed E-state index contributed by atoms with van der Waals surface area (Å²) >= 11 is 0. The molecule has 4 nitrogen and oxygen atoms in total. The topological polar surface area (TPSA) is 66.8 Å². The van der Waals surface area contributed by atoms with E-state index in [0.717, 1.165) is 18.4 Å². The average molecular weight is 266 g/mol. The quantitative estimate of drug-likeness (QED) is 0.512. The van der Waals surface area contributed by atoms with Crippen LogP contribution in [0.5, 0.6) is 0 Å². The number of carbonyl (C=O) groups is 1. The Morgan fingerprint density at radius 2 is 2.11 bits per heavy atom. The second kappa shape index (κ2) is 4.06. The molecule has 1 heterocycles. The molecule has 19 heavy (non-hydrogen) atoms. The molecule has 0 unspecified atom stereocenters. The average Bonchev–Trinajstić information content (AvgIpc) is 2.63. The van der Waals surface area contributed by atoms with Crippen molar-refractivity contribution in [2.45, 2.75) is 51.4 Å². The zero-order valence-electron chi connectivity index (χ0n) is 11.5. The van der Waals surface area contributed by atoms with Gasteiger partial charge < -0.3 is 14.9 Å². The Morgan fingerprint density at radius 1 is 1.42 bits per heavy atom. The van der Waals surface area contributed by atoms with Crippen molar-refractivity contribution in [3.63, 3.8) is 0 Å². The Labute approximate surface area is 113 Å². The molecule has 106 valence electrons. The summed E-state index contributed by atoms with van der Waals surface area (Å²) < 4.78 is 5.56. The van der Waals surface area contributed by atoms with Gasteiger partial charge in [0.1, 0.15) is 6.10 Å². The summed E-state index contributed by atoms with van der Waals surface area (Å²) in [5, 5.41) is 20.4. The van der Waals surface area contributed by atoms with Crippen LogP contribution in [-0.4, -0.2) is 34.5 Å². The van der Waals surface area contributed by atoms with Crippen molar-refractivity contribution in [3.8, 4) is 0 Å². The summed E-state index contributed by atoms with van der Waals surface area (Å²) in [4.78, 5) is 11.8. The lowest BCUT2D eigenvalue weighted by Crippen LogP contribution is -2.56. The number of rotatable bonds is 0. The molecular weight excluding hydrogens is 244 g/mol. The molecule has 2 aliphatic carbocycles. The van der Waals surface area contributed by atoms with E-state index < -0.39 is 12.2 Å². The maximum atomic E-state index is 11.8. The van der Waals surface area contributed by atoms with E-state index in [4.69, 9.17) is 4.74 Å². The first-order chi connectivity index (χ1) is 8.86. The maximum Gasteiger partial charge on any atom is 0.309 e. The fourth-order valence-corrected chi connectivity index (χ4v) is 4.37. The van der Waals surface area contributed by atoms with Crippen LogP contribution in [-0.2, 0) is 9.53 Å². The summed E-state index contributed by atoms with van der Waals surface area (Å²) in [5.74, 6) is -0.168. The number of esters is 1. The fraction of sp³-hybridized carbons (Fsp3) is 0.800. The van der Waals surface area contributed by atoms with Crippen molar-refractivity contribution in [3.05, 3.63) is 12.2 Å². The van der Waals surface area contributed by atoms with Crippen LogP contribution in [0.15, 0.2) is 12.2 Å². The summed E-state index contributed by atoms with van der Waals surface area (Å²) in [6.45, 7) is 7.96. The first-order valence-electron chi connectivity index (χ1n) is 7.11. The minimum Gasteiger partial charge on any atom is -0.461 e. The normalized spacial score (nSPS) is 53.5. The van der Waals surface area contributed by atoms with E-state index in [1.807, 2.05) is 13.8 Å². The predicted octanol–water partition coefficient (Wildman–Crippen LogP) is 1.26. The minimum atomic E-state index is -0.693. The third-order valence-electron chi connectivity index (χ3n) is 5.78. The monoisotopic (exact) mass is 266 g/mol. The van der Waals surface area contributed by atoms with Gasteiger partial charge >= 0.3 is 5.97 Å². The molecule has 0 radical (unpaired) electrons. The molecule has 3 aliphatic rings. The number of ether oxygens (including phenoxy) is 1. The maximum absolute atomic E-state index is 11.8. The molecule has 0 aromatic heterocycles. The van der Waals surface area contributed by atoms with Crippen molar-refractivity contribution in [2.24, 2.45) is 23.2 Å². The first-order valence-corrected chi connectivity index (χ1v) is 7.11. The van der Waals surface area contributed by atoms with Gasteiger partial charge in [0.15, 0.2) is 0 Å². The standard InChI is InChI=1S/C15H22O4/c1-7-9-4-5-15(3)11(17)6-10(16)8(2)12(15)13(9)19-14(7)18/h7,9-13,16-17H,2,4-6H2,1,3H3/t7-,9-,10+,11-,12+,13-,15-/m0/s1. The smallest absolute Gasteiger partial charge is 0.309 e. The lowest BCUT2D eigenvalue weighted by Gasteiger charge is -2.54. The van der Waals surface area contributed by atoms with Crippen LogP contribution >= 0.6 is 0 Å². The first kappa shape index (κ1) is 13.1. The van der Waals surface area contributed by atoms with Crippen LogP contribution in [0.2, 0.25) is 0 Å². The summed E-state index contributed by atoms with van der Waals surface area (Å²) in [6.07, 6.45) is 0.609. The minimum absolute atomic E-state index is 0.0847. The number of aliphatic hydroxyl groups excluding tert-OH is 2. The summed E-state index contributed by atoms with van der Waals surface area (Å²) in [7, 11) is 0. The fourth-order valence-electron chi connectivity index (χ4n) is 4.37. The zero-order chi connectivity index (χ0) is 13.9.